The summed E-state index contributed by atoms with van der Waals surface area (Å²) < 4.78 is 17.4. The smallest absolute Gasteiger partial charge is 0.257 e. The fourth-order valence-electron chi connectivity index (χ4n) is 2.84. The number of nitrogens with one attached hydrogen (secondary N) is 1. The molecule has 158 valence electrons. The highest BCUT2D eigenvalue weighted by molar-refractivity contribution is 9.10. The minimum absolute atomic E-state index is 0.347. The lowest BCUT2D eigenvalue weighted by atomic mass is 10.2. The second-order valence-electron chi connectivity index (χ2n) is 6.39. The second-order valence-corrected chi connectivity index (χ2v) is 8.06. The molecule has 1 amide bonds. The van der Waals surface area contributed by atoms with Gasteiger partial charge in [0, 0.05) is 27.6 Å². The molecule has 9 nitrogen and oxygen atoms in total. The molecule has 0 unspecified atom stereocenters. The Balaban J connectivity index is 1.55. The Hall–Kier alpha value is -3.31. The van der Waals surface area contributed by atoms with Gasteiger partial charge in [-0.05, 0) is 43.3 Å². The predicted octanol–water partition coefficient (Wildman–Crippen LogP) is 4.13. The number of hydrogen-bond donors (Lipinski definition) is 1. The van der Waals surface area contributed by atoms with E-state index in [0.717, 1.165) is 27.4 Å². The molecule has 2 aromatic carbocycles. The van der Waals surface area contributed by atoms with Crippen LogP contribution in [0.1, 0.15) is 16.1 Å². The van der Waals surface area contributed by atoms with E-state index in [1.807, 2.05) is 31.2 Å². The number of aromatic nitrogens is 5. The predicted molar refractivity (Wildman–Crippen MR) is 120 cm³/mol. The first-order valence-electron chi connectivity index (χ1n) is 9.05. The first-order valence-corrected chi connectivity index (χ1v) is 10.6. The van der Waals surface area contributed by atoms with E-state index in [-0.39, 0.29) is 5.91 Å². The van der Waals surface area contributed by atoms with Crippen LogP contribution in [0.3, 0.4) is 0 Å². The van der Waals surface area contributed by atoms with E-state index in [1.165, 1.54) is 14.2 Å². The number of anilines is 1. The van der Waals surface area contributed by atoms with E-state index < -0.39 is 0 Å². The van der Waals surface area contributed by atoms with E-state index in [0.29, 0.717) is 33.7 Å². The number of carbonyl (C=O) groups is 1. The lowest BCUT2D eigenvalue weighted by Crippen LogP contribution is -2.12. The van der Waals surface area contributed by atoms with Gasteiger partial charge in [-0.3, -0.25) is 10.1 Å². The number of amides is 1. The molecule has 2 aromatic heterocycles. The van der Waals surface area contributed by atoms with E-state index >= 15 is 0 Å². The molecule has 31 heavy (non-hydrogen) atoms. The Morgan fingerprint density at radius 1 is 1.10 bits per heavy atom. The van der Waals surface area contributed by atoms with Gasteiger partial charge in [-0.15, -0.1) is 5.10 Å². The Morgan fingerprint density at radius 3 is 2.42 bits per heavy atom. The molecule has 0 fully saturated rings. The minimum Gasteiger partial charge on any atom is -0.497 e. The van der Waals surface area contributed by atoms with E-state index in [9.17, 15) is 4.79 Å². The van der Waals surface area contributed by atoms with E-state index in [2.05, 4.69) is 40.9 Å². The van der Waals surface area contributed by atoms with Crippen molar-refractivity contribution in [3.63, 3.8) is 0 Å². The molecule has 2 heterocycles. The lowest BCUT2D eigenvalue weighted by molar-refractivity contribution is 0.102. The third-order valence-corrected chi connectivity index (χ3v) is 5.60. The van der Waals surface area contributed by atoms with Crippen LogP contribution in [0, 0.1) is 6.92 Å². The first-order chi connectivity index (χ1) is 15.0. The SMILES string of the molecule is COc1cc(OC)cc(C(=O)Nc2nc(-c3nnn(-c4ccc(Br)cc4)c3C)ns2)c1. The number of halogens is 1. The van der Waals surface area contributed by atoms with Gasteiger partial charge in [-0.2, -0.15) is 9.36 Å². The minimum atomic E-state index is -0.352. The summed E-state index contributed by atoms with van der Waals surface area (Å²) in [5, 5.41) is 11.5. The molecule has 0 bridgehead atoms. The molecule has 0 aliphatic heterocycles. The van der Waals surface area contributed by atoms with Crippen LogP contribution in [0.5, 0.6) is 11.5 Å². The fraction of sp³-hybridized carbons (Fsp3) is 0.150. The average molecular weight is 501 g/mol. The van der Waals surface area contributed by atoms with Crippen molar-refractivity contribution in [3.05, 3.63) is 58.2 Å². The molecule has 0 saturated heterocycles. The molecule has 0 aliphatic carbocycles. The van der Waals surface area contributed by atoms with Gasteiger partial charge in [0.15, 0.2) is 11.5 Å². The normalized spacial score (nSPS) is 10.7. The van der Waals surface area contributed by atoms with Crippen LogP contribution < -0.4 is 14.8 Å². The third-order valence-electron chi connectivity index (χ3n) is 4.44. The summed E-state index contributed by atoms with van der Waals surface area (Å²) in [6.45, 7) is 1.89. The summed E-state index contributed by atoms with van der Waals surface area (Å²) >= 11 is 4.49. The highest BCUT2D eigenvalue weighted by Gasteiger charge is 2.18. The zero-order valence-corrected chi connectivity index (χ0v) is 19.2. The van der Waals surface area contributed by atoms with Gasteiger partial charge in [0.1, 0.15) is 11.5 Å². The number of ether oxygens (including phenoxy) is 2. The zero-order chi connectivity index (χ0) is 22.0. The van der Waals surface area contributed by atoms with Crippen LogP contribution in [-0.4, -0.2) is 44.5 Å². The maximum Gasteiger partial charge on any atom is 0.257 e. The van der Waals surface area contributed by atoms with Crippen molar-refractivity contribution in [2.75, 3.05) is 19.5 Å². The highest BCUT2D eigenvalue weighted by Crippen LogP contribution is 2.26. The monoisotopic (exact) mass is 500 g/mol. The van der Waals surface area contributed by atoms with Gasteiger partial charge in [-0.1, -0.05) is 21.1 Å². The maximum absolute atomic E-state index is 12.7. The molecule has 0 aliphatic rings. The standard InChI is InChI=1S/C20H17BrN6O3S/c1-11-17(24-26-27(11)14-6-4-13(21)5-7-14)18-22-20(31-25-18)23-19(28)12-8-15(29-2)10-16(9-12)30-3/h4-10H,1-3H3,(H,22,23,25,28). The fourth-order valence-corrected chi connectivity index (χ4v) is 3.67. The first kappa shape index (κ1) is 20.9. The molecule has 0 radical (unpaired) electrons. The van der Waals surface area contributed by atoms with Gasteiger partial charge in [0.2, 0.25) is 5.13 Å². The third kappa shape index (κ3) is 4.42. The average Bonchev–Trinajstić information content (AvgIpc) is 3.40. The van der Waals surface area contributed by atoms with Crippen molar-refractivity contribution in [3.8, 4) is 28.7 Å². The molecule has 4 rings (SSSR count). The Morgan fingerprint density at radius 2 is 1.77 bits per heavy atom. The van der Waals surface area contributed by atoms with E-state index in [1.54, 1.807) is 22.9 Å². The highest BCUT2D eigenvalue weighted by atomic mass is 79.9. The van der Waals surface area contributed by atoms with Crippen LogP contribution >= 0.6 is 27.5 Å². The van der Waals surface area contributed by atoms with Crippen LogP contribution in [0.15, 0.2) is 46.9 Å². The lowest BCUT2D eigenvalue weighted by Gasteiger charge is -2.07. The number of rotatable bonds is 6. The van der Waals surface area contributed by atoms with Gasteiger partial charge in [0.05, 0.1) is 25.6 Å². The molecular formula is C20H17BrN6O3S. The number of nitrogens with zero attached hydrogens (tertiary/aromatic N) is 5. The summed E-state index contributed by atoms with van der Waals surface area (Å²) in [4.78, 5) is 17.1. The second kappa shape index (κ2) is 8.82. The van der Waals surface area contributed by atoms with Crippen LogP contribution in [-0.2, 0) is 0 Å². The van der Waals surface area contributed by atoms with Crippen LogP contribution in [0.25, 0.3) is 17.2 Å². The van der Waals surface area contributed by atoms with E-state index in [4.69, 9.17) is 9.47 Å². The number of methoxy groups -OCH3 is 2. The molecule has 0 atom stereocenters. The molecule has 0 saturated carbocycles. The summed E-state index contributed by atoms with van der Waals surface area (Å²) in [6, 6.07) is 12.6. The quantitative estimate of drug-likeness (QED) is 0.424. The maximum atomic E-state index is 12.7. The molecule has 11 heteroatoms. The molecule has 4 aromatic rings. The Kier molecular flexibility index (Phi) is 5.96. The van der Waals surface area contributed by atoms with Crippen molar-refractivity contribution in [2.24, 2.45) is 0 Å². The van der Waals surface area contributed by atoms with Crippen molar-refractivity contribution in [2.45, 2.75) is 6.92 Å². The van der Waals surface area contributed by atoms with Crippen LogP contribution in [0.2, 0.25) is 0 Å². The summed E-state index contributed by atoms with van der Waals surface area (Å²) in [7, 11) is 3.05. The molecule has 0 spiro atoms. The van der Waals surface area contributed by atoms with Crippen molar-refractivity contribution in [1.29, 1.82) is 0 Å². The summed E-state index contributed by atoms with van der Waals surface area (Å²) in [5.74, 6) is 1.07. The van der Waals surface area contributed by atoms with Gasteiger partial charge in [-0.25, -0.2) is 4.68 Å². The number of benzene rings is 2. The topological polar surface area (TPSA) is 104 Å². The van der Waals surface area contributed by atoms with Gasteiger partial charge in [0.25, 0.3) is 5.91 Å². The van der Waals surface area contributed by atoms with Crippen LogP contribution in [0.4, 0.5) is 5.13 Å². The summed E-state index contributed by atoms with van der Waals surface area (Å²) in [5.41, 5.74) is 2.58. The molecular weight excluding hydrogens is 484 g/mol. The molecule has 1 N–H and O–H groups in total. The number of carbonyl (C=O) groups excluding carboxylic acids is 1. The van der Waals surface area contributed by atoms with Crippen molar-refractivity contribution >= 4 is 38.5 Å². The van der Waals surface area contributed by atoms with Crippen molar-refractivity contribution < 1.29 is 14.3 Å². The largest absolute Gasteiger partial charge is 0.497 e. The van der Waals surface area contributed by atoms with Crippen molar-refractivity contribution in [1.82, 2.24) is 24.4 Å². The number of hydrogen-bond acceptors (Lipinski definition) is 8. The Bertz CT molecular complexity index is 1220. The zero-order valence-electron chi connectivity index (χ0n) is 16.8. The van der Waals surface area contributed by atoms with Gasteiger partial charge < -0.3 is 9.47 Å². The summed E-state index contributed by atoms with van der Waals surface area (Å²) in [6.07, 6.45) is 0. The Labute approximate surface area is 190 Å². The van der Waals surface area contributed by atoms with Gasteiger partial charge >= 0.3 is 0 Å².